The maximum Gasteiger partial charge on any atom is 0.123 e. The number of benzene rings is 1. The van der Waals surface area contributed by atoms with Crippen LogP contribution in [-0.2, 0) is 10.2 Å². The van der Waals surface area contributed by atoms with Crippen LogP contribution in [0, 0.1) is 5.82 Å². The average Bonchev–Trinajstić information content (AvgIpc) is 2.60. The number of ether oxygens (including phenoxy) is 1. The van der Waals surface area contributed by atoms with Gasteiger partial charge in [-0.25, -0.2) is 4.39 Å². The van der Waals surface area contributed by atoms with Crippen molar-refractivity contribution in [2.24, 2.45) is 0 Å². The first-order valence-corrected chi connectivity index (χ1v) is 9.30. The quantitative estimate of drug-likeness (QED) is 0.408. The molecule has 0 atom stereocenters. The lowest BCUT2D eigenvalue weighted by Gasteiger charge is -2.34. The van der Waals surface area contributed by atoms with Gasteiger partial charge in [-0.2, -0.15) is 0 Å². The maximum atomic E-state index is 12.8. The Bertz CT molecular complexity index is 575. The number of rotatable bonds is 5. The second-order valence-corrected chi connectivity index (χ2v) is 6.93. The summed E-state index contributed by atoms with van der Waals surface area (Å²) in [7, 11) is 0. The van der Waals surface area contributed by atoms with Gasteiger partial charge < -0.3 is 4.74 Å². The molecule has 0 radical (unpaired) electrons. The highest BCUT2D eigenvalue weighted by molar-refractivity contribution is 5.25. The molecule has 1 aromatic rings. The molecular weight excluding hydrogens is 311 g/mol. The molecule has 138 valence electrons. The van der Waals surface area contributed by atoms with Crippen LogP contribution in [0.25, 0.3) is 0 Å². The zero-order valence-electron chi connectivity index (χ0n) is 16.3. The topological polar surface area (TPSA) is 9.23 Å². The van der Waals surface area contributed by atoms with E-state index in [2.05, 4.69) is 13.5 Å². The molecule has 1 fully saturated rings. The van der Waals surface area contributed by atoms with Crippen LogP contribution < -0.4 is 0 Å². The highest BCUT2D eigenvalue weighted by Gasteiger charge is 2.28. The zero-order valence-corrected chi connectivity index (χ0v) is 16.3. The largest absolute Gasteiger partial charge is 0.494 e. The van der Waals surface area contributed by atoms with Crippen molar-refractivity contribution < 1.29 is 9.13 Å². The predicted octanol–water partition coefficient (Wildman–Crippen LogP) is 7.11. The molecule has 0 saturated heterocycles. The first-order valence-electron chi connectivity index (χ1n) is 9.30. The van der Waals surface area contributed by atoms with E-state index >= 15 is 0 Å². The molecule has 2 heteroatoms. The second kappa shape index (κ2) is 10.9. The number of halogens is 1. The molecule has 0 unspecified atom stereocenters. The van der Waals surface area contributed by atoms with E-state index in [0.717, 1.165) is 11.3 Å². The maximum absolute atomic E-state index is 12.8. The van der Waals surface area contributed by atoms with E-state index in [4.69, 9.17) is 4.74 Å². The van der Waals surface area contributed by atoms with Crippen molar-refractivity contribution >= 4 is 0 Å². The highest BCUT2D eigenvalue weighted by atomic mass is 19.1. The van der Waals surface area contributed by atoms with Crippen LogP contribution in [0.3, 0.4) is 0 Å². The minimum Gasteiger partial charge on any atom is -0.494 e. The van der Waals surface area contributed by atoms with Gasteiger partial charge in [0.15, 0.2) is 0 Å². The van der Waals surface area contributed by atoms with Crippen LogP contribution in [0.15, 0.2) is 60.4 Å². The van der Waals surface area contributed by atoms with E-state index in [1.54, 1.807) is 12.1 Å². The molecule has 25 heavy (non-hydrogen) atoms. The highest BCUT2D eigenvalue weighted by Crippen LogP contribution is 2.38. The summed E-state index contributed by atoms with van der Waals surface area (Å²) in [6, 6.07) is 7.05. The number of hydrogen-bond acceptors (Lipinski definition) is 1. The van der Waals surface area contributed by atoms with E-state index in [-0.39, 0.29) is 5.82 Å². The van der Waals surface area contributed by atoms with Crippen molar-refractivity contribution in [2.45, 2.75) is 65.2 Å². The minimum absolute atomic E-state index is 0.131. The molecule has 1 saturated carbocycles. The summed E-state index contributed by atoms with van der Waals surface area (Å²) in [6.07, 6.45) is 12.3. The molecular formula is C23H33FO. The monoisotopic (exact) mass is 344 g/mol. The number of hydrogen-bond donors (Lipinski definition) is 0. The Morgan fingerprint density at radius 3 is 2.24 bits per heavy atom. The van der Waals surface area contributed by atoms with E-state index < -0.39 is 0 Å². The van der Waals surface area contributed by atoms with Gasteiger partial charge in [-0.3, -0.25) is 0 Å². The van der Waals surface area contributed by atoms with Crippen molar-refractivity contribution in [3.05, 3.63) is 71.8 Å². The SMILES string of the molecule is C=C(C)/C=C\C(=C/C)OCC.CC1(c2ccc(F)cc2)CCCCC1. The lowest BCUT2D eigenvalue weighted by atomic mass is 9.71. The first-order chi connectivity index (χ1) is 11.9. The van der Waals surface area contributed by atoms with Gasteiger partial charge in [0.2, 0.25) is 0 Å². The van der Waals surface area contributed by atoms with Crippen molar-refractivity contribution in [3.8, 4) is 0 Å². The van der Waals surface area contributed by atoms with E-state index in [1.807, 2.05) is 51.1 Å². The lowest BCUT2D eigenvalue weighted by molar-refractivity contribution is 0.242. The summed E-state index contributed by atoms with van der Waals surface area (Å²) in [4.78, 5) is 0. The molecule has 0 aromatic heterocycles. The van der Waals surface area contributed by atoms with Crippen molar-refractivity contribution in [2.75, 3.05) is 6.61 Å². The van der Waals surface area contributed by atoms with Gasteiger partial charge in [0.05, 0.1) is 6.61 Å². The summed E-state index contributed by atoms with van der Waals surface area (Å²) in [6.45, 7) is 12.6. The molecule has 0 spiro atoms. The van der Waals surface area contributed by atoms with Crippen LogP contribution in [0.4, 0.5) is 4.39 Å². The molecule has 1 aromatic carbocycles. The van der Waals surface area contributed by atoms with Gasteiger partial charge in [0.25, 0.3) is 0 Å². The average molecular weight is 345 g/mol. The van der Waals surface area contributed by atoms with Gasteiger partial charge in [0.1, 0.15) is 11.6 Å². The van der Waals surface area contributed by atoms with Crippen molar-refractivity contribution in [1.82, 2.24) is 0 Å². The summed E-state index contributed by atoms with van der Waals surface area (Å²) in [5.41, 5.74) is 2.63. The van der Waals surface area contributed by atoms with E-state index in [0.29, 0.717) is 12.0 Å². The van der Waals surface area contributed by atoms with Crippen molar-refractivity contribution in [3.63, 3.8) is 0 Å². The van der Waals surface area contributed by atoms with Crippen LogP contribution >= 0.6 is 0 Å². The van der Waals surface area contributed by atoms with Gasteiger partial charge in [-0.05, 0) is 68.9 Å². The fraction of sp³-hybridized carbons (Fsp3) is 0.478. The Morgan fingerprint density at radius 1 is 1.16 bits per heavy atom. The fourth-order valence-electron chi connectivity index (χ4n) is 3.09. The molecule has 0 aliphatic heterocycles. The molecule has 1 nitrogen and oxygen atoms in total. The van der Waals surface area contributed by atoms with Crippen LogP contribution in [0.5, 0.6) is 0 Å². The molecule has 2 rings (SSSR count). The van der Waals surface area contributed by atoms with Gasteiger partial charge in [-0.1, -0.05) is 56.5 Å². The fourth-order valence-corrected chi connectivity index (χ4v) is 3.09. The smallest absolute Gasteiger partial charge is 0.123 e. The van der Waals surface area contributed by atoms with Gasteiger partial charge >= 0.3 is 0 Å². The van der Waals surface area contributed by atoms with Crippen LogP contribution in [-0.4, -0.2) is 6.61 Å². The first kappa shape index (κ1) is 21.2. The third-order valence-electron chi connectivity index (χ3n) is 4.63. The third kappa shape index (κ3) is 7.72. The Morgan fingerprint density at radius 2 is 1.76 bits per heavy atom. The third-order valence-corrected chi connectivity index (χ3v) is 4.63. The van der Waals surface area contributed by atoms with E-state index in [9.17, 15) is 4.39 Å². The molecule has 1 aliphatic rings. The van der Waals surface area contributed by atoms with E-state index in [1.165, 1.54) is 37.7 Å². The molecule has 0 N–H and O–H groups in total. The molecule has 0 amide bonds. The summed E-state index contributed by atoms with van der Waals surface area (Å²) < 4.78 is 18.1. The predicted molar refractivity (Wildman–Crippen MR) is 106 cm³/mol. The summed E-state index contributed by atoms with van der Waals surface area (Å²) >= 11 is 0. The van der Waals surface area contributed by atoms with Crippen molar-refractivity contribution in [1.29, 1.82) is 0 Å². The summed E-state index contributed by atoms with van der Waals surface area (Å²) in [5, 5.41) is 0. The minimum atomic E-state index is -0.131. The second-order valence-electron chi connectivity index (χ2n) is 6.93. The lowest BCUT2D eigenvalue weighted by Crippen LogP contribution is -2.24. The molecule has 0 bridgehead atoms. The molecule has 0 heterocycles. The molecule has 1 aliphatic carbocycles. The zero-order chi connectivity index (χ0) is 18.7. The Labute approximate surface area is 153 Å². The Kier molecular flexibility index (Phi) is 9.26. The normalized spacial score (nSPS) is 16.9. The summed E-state index contributed by atoms with van der Waals surface area (Å²) in [5.74, 6) is 0.767. The van der Waals surface area contributed by atoms with Gasteiger partial charge in [-0.15, -0.1) is 0 Å². The standard InChI is InChI=1S/C13H17F.C10H16O/c1-13(9-3-2-4-10-13)11-5-7-12(14)8-6-11;1-5-10(11-6-2)8-7-9(3)4/h5-8H,2-4,9-10H2,1H3;5,7-8H,3,6H2,1-2,4H3/b;8-7-,10-5+. The number of allylic oxidation sites excluding steroid dienone is 4. The van der Waals surface area contributed by atoms with Crippen LogP contribution in [0.2, 0.25) is 0 Å². The Balaban J connectivity index is 0.000000260. The van der Waals surface area contributed by atoms with Crippen LogP contribution in [0.1, 0.15) is 65.4 Å². The Hall–Kier alpha value is -1.83. The van der Waals surface area contributed by atoms with Gasteiger partial charge in [0, 0.05) is 0 Å².